The van der Waals surface area contributed by atoms with Crippen molar-refractivity contribution in [1.29, 1.82) is 0 Å². The summed E-state index contributed by atoms with van der Waals surface area (Å²) >= 11 is 1.53. The van der Waals surface area contributed by atoms with Crippen LogP contribution in [0.3, 0.4) is 0 Å². The van der Waals surface area contributed by atoms with E-state index in [1.54, 1.807) is 26.2 Å². The molecule has 1 amide bonds. The first kappa shape index (κ1) is 15.6. The molecule has 0 atom stereocenters. The van der Waals surface area contributed by atoms with E-state index in [2.05, 4.69) is 15.6 Å². The predicted molar refractivity (Wildman–Crippen MR) is 96.3 cm³/mol. The van der Waals surface area contributed by atoms with Gasteiger partial charge in [-0.2, -0.15) is 16.4 Å². The van der Waals surface area contributed by atoms with E-state index in [0.717, 1.165) is 5.56 Å². The van der Waals surface area contributed by atoms with Crippen LogP contribution in [0, 0.1) is 0 Å². The fraction of sp³-hybridized carbons (Fsp3) is 0.118. The normalized spacial score (nSPS) is 12.4. The number of nitrogens with zero attached hydrogens (tertiary/aromatic N) is 2. The van der Waals surface area contributed by atoms with Crippen molar-refractivity contribution in [3.05, 3.63) is 45.6 Å². The molecule has 0 spiro atoms. The SMILES string of the molecule is CN(C)NC(=O)c1c(N)ccc2c1C(=O)c1c(-c3ccsc3)n[nH]c1-2. The molecule has 0 fully saturated rings. The van der Waals surface area contributed by atoms with Gasteiger partial charge in [0, 0.05) is 41.9 Å². The van der Waals surface area contributed by atoms with Crippen LogP contribution in [0.25, 0.3) is 22.5 Å². The molecule has 1 aromatic carbocycles. The highest BCUT2D eigenvalue weighted by Crippen LogP contribution is 2.43. The molecule has 0 saturated heterocycles. The Bertz CT molecular complexity index is 1000. The molecule has 1 aliphatic carbocycles. The molecule has 2 heterocycles. The summed E-state index contributed by atoms with van der Waals surface area (Å²) in [4.78, 5) is 25.7. The largest absolute Gasteiger partial charge is 0.398 e. The fourth-order valence-electron chi connectivity index (χ4n) is 3.06. The first-order valence-electron chi connectivity index (χ1n) is 7.55. The minimum absolute atomic E-state index is 0.192. The first-order chi connectivity index (χ1) is 12.0. The van der Waals surface area contributed by atoms with E-state index in [9.17, 15) is 9.59 Å². The number of hydrogen-bond donors (Lipinski definition) is 3. The number of benzene rings is 1. The highest BCUT2D eigenvalue weighted by Gasteiger charge is 2.37. The van der Waals surface area contributed by atoms with Gasteiger partial charge in [-0.1, -0.05) is 0 Å². The number of hydrazine groups is 1. The standard InChI is InChI=1S/C17H15N5O2S/c1-22(2)21-17(24)12-10(18)4-3-9-11(12)16(23)13-14(19-20-15(9)13)8-5-6-25-7-8/h3-7H,18H2,1-2H3,(H,19,20)(H,21,24). The predicted octanol–water partition coefficient (Wildman–Crippen LogP) is 2.14. The Morgan fingerprint density at radius 2 is 2.08 bits per heavy atom. The number of carbonyl (C=O) groups is 2. The zero-order valence-corrected chi connectivity index (χ0v) is 14.4. The fourth-order valence-corrected chi connectivity index (χ4v) is 3.70. The number of nitrogen functional groups attached to an aromatic ring is 1. The Morgan fingerprint density at radius 1 is 1.28 bits per heavy atom. The molecule has 126 valence electrons. The van der Waals surface area contributed by atoms with Crippen LogP contribution < -0.4 is 11.2 Å². The smallest absolute Gasteiger partial charge is 0.268 e. The lowest BCUT2D eigenvalue weighted by Gasteiger charge is -2.15. The van der Waals surface area contributed by atoms with Gasteiger partial charge in [-0.3, -0.25) is 20.1 Å². The number of nitrogens with one attached hydrogen (secondary N) is 2. The summed E-state index contributed by atoms with van der Waals surface area (Å²) < 4.78 is 0. The third-order valence-electron chi connectivity index (χ3n) is 4.07. The quantitative estimate of drug-likeness (QED) is 0.387. The molecule has 4 rings (SSSR count). The van der Waals surface area contributed by atoms with Crippen molar-refractivity contribution < 1.29 is 9.59 Å². The van der Waals surface area contributed by atoms with Gasteiger partial charge in [-0.05, 0) is 23.6 Å². The van der Waals surface area contributed by atoms with Crippen molar-refractivity contribution in [2.75, 3.05) is 19.8 Å². The van der Waals surface area contributed by atoms with E-state index < -0.39 is 5.91 Å². The summed E-state index contributed by atoms with van der Waals surface area (Å²) in [5, 5.41) is 12.6. The summed E-state index contributed by atoms with van der Waals surface area (Å²) in [5.41, 5.74) is 12.7. The second-order valence-electron chi connectivity index (χ2n) is 5.95. The van der Waals surface area contributed by atoms with Crippen LogP contribution in [0.5, 0.6) is 0 Å². The van der Waals surface area contributed by atoms with E-state index in [-0.39, 0.29) is 17.0 Å². The number of carbonyl (C=O) groups excluding carboxylic acids is 2. The molecule has 0 saturated carbocycles. The van der Waals surface area contributed by atoms with Gasteiger partial charge in [0.2, 0.25) is 0 Å². The number of ketones is 1. The molecular weight excluding hydrogens is 338 g/mol. The van der Waals surface area contributed by atoms with Gasteiger partial charge < -0.3 is 5.73 Å². The van der Waals surface area contributed by atoms with E-state index in [0.29, 0.717) is 28.1 Å². The Labute approximate surface area is 147 Å². The summed E-state index contributed by atoms with van der Waals surface area (Å²) in [7, 11) is 3.39. The zero-order chi connectivity index (χ0) is 17.7. The minimum Gasteiger partial charge on any atom is -0.398 e. The van der Waals surface area contributed by atoms with Crippen LogP contribution >= 0.6 is 11.3 Å². The molecule has 4 N–H and O–H groups in total. The second-order valence-corrected chi connectivity index (χ2v) is 6.73. The van der Waals surface area contributed by atoms with Crippen LogP contribution in [-0.2, 0) is 0 Å². The Kier molecular flexibility index (Phi) is 3.45. The van der Waals surface area contributed by atoms with Crippen molar-refractivity contribution >= 4 is 28.7 Å². The van der Waals surface area contributed by atoms with E-state index in [1.807, 2.05) is 16.8 Å². The van der Waals surface area contributed by atoms with Crippen molar-refractivity contribution in [2.24, 2.45) is 0 Å². The van der Waals surface area contributed by atoms with Gasteiger partial charge in [0.1, 0.15) is 5.69 Å². The number of thiophene rings is 1. The molecule has 25 heavy (non-hydrogen) atoms. The molecule has 3 aromatic rings. The molecule has 7 nitrogen and oxygen atoms in total. The third kappa shape index (κ3) is 2.26. The molecule has 0 aliphatic heterocycles. The summed E-state index contributed by atoms with van der Waals surface area (Å²) in [6.45, 7) is 0. The van der Waals surface area contributed by atoms with Crippen molar-refractivity contribution in [2.45, 2.75) is 0 Å². The van der Waals surface area contributed by atoms with Gasteiger partial charge in [-0.15, -0.1) is 0 Å². The maximum absolute atomic E-state index is 13.1. The number of H-pyrrole nitrogens is 1. The Balaban J connectivity index is 1.90. The maximum atomic E-state index is 13.1. The van der Waals surface area contributed by atoms with Gasteiger partial charge in [-0.25, -0.2) is 5.01 Å². The number of rotatable bonds is 3. The number of aromatic nitrogens is 2. The zero-order valence-electron chi connectivity index (χ0n) is 13.6. The molecular formula is C17H15N5O2S. The van der Waals surface area contributed by atoms with Gasteiger partial charge in [0.15, 0.2) is 5.78 Å². The molecule has 0 bridgehead atoms. The summed E-state index contributed by atoms with van der Waals surface area (Å²) in [6.07, 6.45) is 0. The Hall–Kier alpha value is -2.97. The highest BCUT2D eigenvalue weighted by atomic mass is 32.1. The highest BCUT2D eigenvalue weighted by molar-refractivity contribution is 7.08. The summed E-state index contributed by atoms with van der Waals surface area (Å²) in [5.74, 6) is -0.654. The number of anilines is 1. The van der Waals surface area contributed by atoms with Gasteiger partial charge in [0.05, 0.1) is 16.8 Å². The average molecular weight is 353 g/mol. The molecule has 0 radical (unpaired) electrons. The number of aromatic amines is 1. The first-order valence-corrected chi connectivity index (χ1v) is 8.50. The second kappa shape index (κ2) is 5.54. The van der Waals surface area contributed by atoms with Crippen LogP contribution in [0.4, 0.5) is 5.69 Å². The van der Waals surface area contributed by atoms with Crippen molar-refractivity contribution in [3.63, 3.8) is 0 Å². The van der Waals surface area contributed by atoms with Crippen LogP contribution in [0.15, 0.2) is 29.0 Å². The van der Waals surface area contributed by atoms with E-state index in [4.69, 9.17) is 5.73 Å². The van der Waals surface area contributed by atoms with Crippen LogP contribution in [0.1, 0.15) is 26.3 Å². The molecule has 1 aliphatic rings. The minimum atomic E-state index is -0.414. The topological polar surface area (TPSA) is 104 Å². The summed E-state index contributed by atoms with van der Waals surface area (Å²) in [6, 6.07) is 5.29. The lowest BCUT2D eigenvalue weighted by atomic mass is 9.98. The lowest BCUT2D eigenvalue weighted by molar-refractivity contribution is 0.0852. The van der Waals surface area contributed by atoms with Crippen molar-refractivity contribution in [1.82, 2.24) is 20.6 Å². The van der Waals surface area contributed by atoms with E-state index in [1.165, 1.54) is 16.3 Å². The molecule has 2 aromatic heterocycles. The van der Waals surface area contributed by atoms with Gasteiger partial charge >= 0.3 is 0 Å². The van der Waals surface area contributed by atoms with Crippen LogP contribution in [0.2, 0.25) is 0 Å². The third-order valence-corrected chi connectivity index (χ3v) is 4.76. The number of hydrogen-bond acceptors (Lipinski definition) is 6. The lowest BCUT2D eigenvalue weighted by Crippen LogP contribution is -2.37. The van der Waals surface area contributed by atoms with Crippen LogP contribution in [-0.4, -0.2) is 41.0 Å². The molecule has 8 heteroatoms. The average Bonchev–Trinajstić information content (AvgIpc) is 3.25. The number of fused-ring (bicyclic) bond motifs is 3. The number of nitrogens with two attached hydrogens (primary N) is 1. The maximum Gasteiger partial charge on any atom is 0.268 e. The molecule has 0 unspecified atom stereocenters. The Morgan fingerprint density at radius 3 is 2.76 bits per heavy atom. The monoisotopic (exact) mass is 353 g/mol. The van der Waals surface area contributed by atoms with Gasteiger partial charge in [0.25, 0.3) is 5.91 Å². The van der Waals surface area contributed by atoms with Crippen molar-refractivity contribution in [3.8, 4) is 22.5 Å². The van der Waals surface area contributed by atoms with E-state index >= 15 is 0 Å². The number of amides is 1.